The third-order valence-corrected chi connectivity index (χ3v) is 7.18. The molecule has 0 saturated heterocycles. The third-order valence-electron chi connectivity index (χ3n) is 6.90. The van der Waals surface area contributed by atoms with Gasteiger partial charge >= 0.3 is 0 Å². The molecule has 0 aliphatic heterocycles. The number of aliphatic hydroxyl groups is 1. The highest BCUT2D eigenvalue weighted by molar-refractivity contribution is 6.32. The minimum absolute atomic E-state index is 0.0925. The summed E-state index contributed by atoms with van der Waals surface area (Å²) in [5, 5.41) is 14.4. The second-order valence-electron chi connectivity index (χ2n) is 9.11. The van der Waals surface area contributed by atoms with Gasteiger partial charge in [-0.05, 0) is 61.4 Å². The van der Waals surface area contributed by atoms with Crippen LogP contribution in [0.4, 0.5) is 11.8 Å². The van der Waals surface area contributed by atoms with Gasteiger partial charge in [-0.1, -0.05) is 25.1 Å². The van der Waals surface area contributed by atoms with E-state index in [2.05, 4.69) is 35.7 Å². The molecule has 32 heavy (non-hydrogen) atoms. The number of nitrogens with zero attached hydrogens (tertiary/aromatic N) is 3. The molecular weight excluding hydrogens is 426 g/mol. The first kappa shape index (κ1) is 22.4. The molecule has 1 aromatic carbocycles. The van der Waals surface area contributed by atoms with Crippen LogP contribution in [-0.4, -0.2) is 46.2 Å². The second kappa shape index (κ2) is 8.30. The van der Waals surface area contributed by atoms with Gasteiger partial charge in [0.25, 0.3) is 0 Å². The SMILES string of the molecule is C=C(c1ccc2oc(-c3c(Cl)nc(N)nc3NC3(C)CCC(CO)C3C)cc2c1)N(C)C. The topological polar surface area (TPSA) is 100 Å². The molecule has 0 radical (unpaired) electrons. The van der Waals surface area contributed by atoms with E-state index >= 15 is 0 Å². The molecule has 4 rings (SSSR count). The van der Waals surface area contributed by atoms with Crippen molar-refractivity contribution in [2.45, 2.75) is 32.2 Å². The number of nitrogens with one attached hydrogen (secondary N) is 1. The van der Waals surface area contributed by atoms with Crippen molar-refractivity contribution in [3.05, 3.63) is 41.6 Å². The maximum Gasteiger partial charge on any atom is 0.223 e. The summed E-state index contributed by atoms with van der Waals surface area (Å²) in [7, 11) is 3.92. The number of nitrogens with two attached hydrogens (primary N) is 1. The molecule has 0 bridgehead atoms. The monoisotopic (exact) mass is 455 g/mol. The van der Waals surface area contributed by atoms with Crippen LogP contribution in [0.1, 0.15) is 32.3 Å². The molecule has 3 unspecified atom stereocenters. The summed E-state index contributed by atoms with van der Waals surface area (Å²) in [4.78, 5) is 10.6. The van der Waals surface area contributed by atoms with Crippen LogP contribution in [0.5, 0.6) is 0 Å². The predicted molar refractivity (Wildman–Crippen MR) is 130 cm³/mol. The highest BCUT2D eigenvalue weighted by Gasteiger charge is 2.43. The van der Waals surface area contributed by atoms with Crippen LogP contribution in [0.25, 0.3) is 28.0 Å². The van der Waals surface area contributed by atoms with Crippen LogP contribution in [0, 0.1) is 11.8 Å². The van der Waals surface area contributed by atoms with Gasteiger partial charge in [-0.25, -0.2) is 4.98 Å². The number of rotatable bonds is 6. The van der Waals surface area contributed by atoms with Gasteiger partial charge in [0.15, 0.2) is 0 Å². The zero-order valence-corrected chi connectivity index (χ0v) is 19.7. The Kier molecular flexibility index (Phi) is 5.81. The van der Waals surface area contributed by atoms with E-state index in [1.54, 1.807) is 0 Å². The molecule has 0 amide bonds. The van der Waals surface area contributed by atoms with Crippen molar-refractivity contribution < 1.29 is 9.52 Å². The molecule has 1 saturated carbocycles. The molecule has 4 N–H and O–H groups in total. The number of hydrogen-bond donors (Lipinski definition) is 3. The van der Waals surface area contributed by atoms with Gasteiger partial charge < -0.3 is 25.5 Å². The molecule has 8 heteroatoms. The highest BCUT2D eigenvalue weighted by atomic mass is 35.5. The molecule has 3 aromatic rings. The van der Waals surface area contributed by atoms with Crippen molar-refractivity contribution in [2.24, 2.45) is 11.8 Å². The fourth-order valence-electron chi connectivity index (χ4n) is 4.54. The number of anilines is 2. The van der Waals surface area contributed by atoms with E-state index in [0.29, 0.717) is 17.1 Å². The number of hydrogen-bond acceptors (Lipinski definition) is 7. The van der Waals surface area contributed by atoms with Crippen LogP contribution >= 0.6 is 11.6 Å². The minimum atomic E-state index is -0.269. The number of nitrogen functional groups attached to an aromatic ring is 1. The fraction of sp³-hybridized carbons (Fsp3) is 0.417. The molecule has 3 atom stereocenters. The van der Waals surface area contributed by atoms with Crippen LogP contribution in [0.2, 0.25) is 5.15 Å². The minimum Gasteiger partial charge on any atom is -0.456 e. The predicted octanol–water partition coefficient (Wildman–Crippen LogP) is 4.87. The van der Waals surface area contributed by atoms with Gasteiger partial charge in [0.1, 0.15) is 22.3 Å². The average Bonchev–Trinajstić information content (AvgIpc) is 3.27. The normalized spacial score (nSPS) is 22.9. The number of aliphatic hydroxyl groups excluding tert-OH is 1. The van der Waals surface area contributed by atoms with Crippen LogP contribution < -0.4 is 11.1 Å². The summed E-state index contributed by atoms with van der Waals surface area (Å²) in [6.45, 7) is 8.59. The Hall–Kier alpha value is -2.77. The molecule has 1 aliphatic carbocycles. The molecule has 7 nitrogen and oxygen atoms in total. The second-order valence-corrected chi connectivity index (χ2v) is 9.47. The summed E-state index contributed by atoms with van der Waals surface area (Å²) < 4.78 is 6.15. The Bertz CT molecular complexity index is 1170. The Morgan fingerprint density at radius 1 is 1.38 bits per heavy atom. The maximum atomic E-state index is 9.71. The standard InChI is InChI=1S/C24H30ClN5O2/c1-13-16(12-31)8-9-24(13,3)29-22-20(21(25)27-23(26)28-22)19-11-17-10-15(14(2)30(4)5)6-7-18(17)32-19/h6-7,10-11,13,16,31H,2,8-9,12H2,1,3-5H3,(H3,26,27,28,29). The molecular formula is C24H30ClN5O2. The van der Waals surface area contributed by atoms with Crippen LogP contribution in [0.15, 0.2) is 35.3 Å². The van der Waals surface area contributed by atoms with E-state index in [0.717, 1.165) is 35.1 Å². The smallest absolute Gasteiger partial charge is 0.223 e. The van der Waals surface area contributed by atoms with Crippen molar-refractivity contribution in [3.8, 4) is 11.3 Å². The van der Waals surface area contributed by atoms with Gasteiger partial charge in [0.2, 0.25) is 5.95 Å². The molecule has 170 valence electrons. The first-order chi connectivity index (χ1) is 15.1. The summed E-state index contributed by atoms with van der Waals surface area (Å²) >= 11 is 6.55. The van der Waals surface area contributed by atoms with E-state index in [9.17, 15) is 5.11 Å². The number of halogens is 1. The lowest BCUT2D eigenvalue weighted by molar-refractivity contribution is 0.187. The van der Waals surface area contributed by atoms with Gasteiger partial charge in [-0.3, -0.25) is 0 Å². The quantitative estimate of drug-likeness (QED) is 0.456. The summed E-state index contributed by atoms with van der Waals surface area (Å²) in [6, 6.07) is 7.88. The molecule has 0 spiro atoms. The summed E-state index contributed by atoms with van der Waals surface area (Å²) in [6.07, 6.45) is 1.84. The van der Waals surface area contributed by atoms with E-state index in [1.165, 1.54) is 0 Å². The Balaban J connectivity index is 1.77. The maximum absolute atomic E-state index is 9.71. The zero-order chi connectivity index (χ0) is 23.2. The van der Waals surface area contributed by atoms with E-state index in [-0.39, 0.29) is 35.1 Å². The largest absolute Gasteiger partial charge is 0.456 e. The van der Waals surface area contributed by atoms with Crippen molar-refractivity contribution in [3.63, 3.8) is 0 Å². The van der Waals surface area contributed by atoms with Gasteiger partial charge in [-0.2, -0.15) is 4.98 Å². The Morgan fingerprint density at radius 3 is 2.78 bits per heavy atom. The summed E-state index contributed by atoms with van der Waals surface area (Å²) in [5.41, 5.74) is 8.89. The number of fused-ring (bicyclic) bond motifs is 1. The zero-order valence-electron chi connectivity index (χ0n) is 18.9. The van der Waals surface area contributed by atoms with Crippen LogP contribution in [-0.2, 0) is 0 Å². The van der Waals surface area contributed by atoms with E-state index < -0.39 is 0 Å². The van der Waals surface area contributed by atoms with Gasteiger partial charge in [0, 0.05) is 37.3 Å². The van der Waals surface area contributed by atoms with Crippen molar-refractivity contribution in [2.75, 3.05) is 31.8 Å². The van der Waals surface area contributed by atoms with Gasteiger partial charge in [0.05, 0.1) is 5.56 Å². The Morgan fingerprint density at radius 2 is 2.12 bits per heavy atom. The molecule has 2 aromatic heterocycles. The number of aromatic nitrogens is 2. The average molecular weight is 456 g/mol. The highest BCUT2D eigenvalue weighted by Crippen LogP contribution is 2.44. The van der Waals surface area contributed by atoms with Crippen molar-refractivity contribution in [1.82, 2.24) is 14.9 Å². The summed E-state index contributed by atoms with van der Waals surface area (Å²) in [5.74, 6) is 1.67. The fourth-order valence-corrected chi connectivity index (χ4v) is 4.81. The van der Waals surface area contributed by atoms with E-state index in [1.807, 2.05) is 43.3 Å². The van der Waals surface area contributed by atoms with Crippen LogP contribution in [0.3, 0.4) is 0 Å². The molecule has 1 fully saturated rings. The van der Waals surface area contributed by atoms with Crippen molar-refractivity contribution in [1.29, 1.82) is 0 Å². The first-order valence-corrected chi connectivity index (χ1v) is 11.1. The van der Waals surface area contributed by atoms with Crippen molar-refractivity contribution >= 4 is 40.0 Å². The third kappa shape index (κ3) is 3.91. The molecule has 2 heterocycles. The van der Waals surface area contributed by atoms with E-state index in [4.69, 9.17) is 21.8 Å². The number of furan rings is 1. The first-order valence-electron chi connectivity index (χ1n) is 10.8. The number of benzene rings is 1. The lowest BCUT2D eigenvalue weighted by Gasteiger charge is -2.33. The Labute approximate surface area is 193 Å². The lowest BCUT2D eigenvalue weighted by Crippen LogP contribution is -2.40. The molecule has 1 aliphatic rings. The van der Waals surface area contributed by atoms with Gasteiger partial charge in [-0.15, -0.1) is 0 Å². The lowest BCUT2D eigenvalue weighted by atomic mass is 9.86.